The van der Waals surface area contributed by atoms with Gasteiger partial charge in [0.05, 0.1) is 16.5 Å². The van der Waals surface area contributed by atoms with Gasteiger partial charge in [0, 0.05) is 19.1 Å². The summed E-state index contributed by atoms with van der Waals surface area (Å²) in [5.41, 5.74) is -1.18. The summed E-state index contributed by atoms with van der Waals surface area (Å²) in [6, 6.07) is 3.44. The smallest absolute Gasteiger partial charge is 0.341 e. The molecule has 0 spiro atoms. The Hall–Kier alpha value is -1.65. The van der Waals surface area contributed by atoms with Gasteiger partial charge in [-0.05, 0) is 44.4 Å². The first-order valence-electron chi connectivity index (χ1n) is 8.89. The van der Waals surface area contributed by atoms with Crippen LogP contribution in [0.4, 0.5) is 13.2 Å². The minimum Gasteiger partial charge on any atom is -0.341 e. The molecule has 150 valence electrons. The summed E-state index contributed by atoms with van der Waals surface area (Å²) < 4.78 is 66.7. The number of carbonyl (C=O) groups excluding carboxylic acids is 1. The number of alkyl halides is 3. The molecule has 2 saturated heterocycles. The maximum absolute atomic E-state index is 13.1. The summed E-state index contributed by atoms with van der Waals surface area (Å²) in [5.74, 6) is 0.0104. The first-order chi connectivity index (χ1) is 12.7. The number of hydrogen-bond acceptors (Lipinski definition) is 4. The van der Waals surface area contributed by atoms with Crippen molar-refractivity contribution in [3.8, 4) is 0 Å². The maximum atomic E-state index is 13.1. The summed E-state index contributed by atoms with van der Waals surface area (Å²) in [7, 11) is -4.31. The second-order valence-electron chi connectivity index (χ2n) is 6.86. The van der Waals surface area contributed by atoms with Crippen molar-refractivity contribution in [3.63, 3.8) is 0 Å². The van der Waals surface area contributed by atoms with Crippen LogP contribution < -0.4 is 10.0 Å². The fourth-order valence-electron chi connectivity index (χ4n) is 3.55. The van der Waals surface area contributed by atoms with E-state index in [0.29, 0.717) is 25.9 Å². The molecule has 27 heavy (non-hydrogen) atoms. The zero-order chi connectivity index (χ0) is 19.7. The summed E-state index contributed by atoms with van der Waals surface area (Å²) in [6.45, 7) is 1.57. The Morgan fingerprint density at radius 1 is 1.15 bits per heavy atom. The molecular formula is C17H22F3N3O3S. The van der Waals surface area contributed by atoms with Gasteiger partial charge in [0.1, 0.15) is 0 Å². The number of piperidine rings is 1. The lowest BCUT2D eigenvalue weighted by molar-refractivity contribution is -0.140. The number of nitrogens with one attached hydrogen (secondary N) is 2. The molecule has 0 aliphatic carbocycles. The highest BCUT2D eigenvalue weighted by molar-refractivity contribution is 7.89. The van der Waals surface area contributed by atoms with Gasteiger partial charge in [-0.25, -0.2) is 13.1 Å². The Labute approximate surface area is 156 Å². The molecule has 0 aromatic heterocycles. The third-order valence-corrected chi connectivity index (χ3v) is 6.55. The number of nitrogens with zero attached hydrogens (tertiary/aromatic N) is 1. The first kappa shape index (κ1) is 20.1. The minimum absolute atomic E-state index is 0.0104. The van der Waals surface area contributed by atoms with Gasteiger partial charge < -0.3 is 10.2 Å². The molecule has 0 radical (unpaired) electrons. The zero-order valence-electron chi connectivity index (χ0n) is 14.6. The average Bonchev–Trinajstić information content (AvgIpc) is 3.15. The van der Waals surface area contributed by atoms with Crippen LogP contribution in [-0.4, -0.2) is 50.9 Å². The van der Waals surface area contributed by atoms with E-state index in [9.17, 15) is 26.4 Å². The van der Waals surface area contributed by atoms with E-state index in [-0.39, 0.29) is 11.9 Å². The second-order valence-corrected chi connectivity index (χ2v) is 8.55. The van der Waals surface area contributed by atoms with E-state index >= 15 is 0 Å². The van der Waals surface area contributed by atoms with Crippen molar-refractivity contribution in [2.75, 3.05) is 19.6 Å². The van der Waals surface area contributed by atoms with Crippen molar-refractivity contribution in [3.05, 3.63) is 29.8 Å². The van der Waals surface area contributed by atoms with E-state index in [1.165, 1.54) is 6.07 Å². The van der Waals surface area contributed by atoms with Crippen LogP contribution in [0.15, 0.2) is 29.2 Å². The number of sulfonamides is 1. The van der Waals surface area contributed by atoms with E-state index in [1.807, 2.05) is 0 Å². The number of rotatable bonds is 4. The van der Waals surface area contributed by atoms with E-state index < -0.39 is 32.7 Å². The largest absolute Gasteiger partial charge is 0.417 e. The molecule has 6 nitrogen and oxygen atoms in total. The summed E-state index contributed by atoms with van der Waals surface area (Å²) >= 11 is 0. The van der Waals surface area contributed by atoms with Crippen molar-refractivity contribution >= 4 is 15.9 Å². The van der Waals surface area contributed by atoms with Crippen LogP contribution >= 0.6 is 0 Å². The van der Waals surface area contributed by atoms with E-state index in [1.54, 1.807) is 4.90 Å². The Bertz CT molecular complexity index is 784. The number of likely N-dealkylation sites (tertiary alicyclic amines) is 1. The van der Waals surface area contributed by atoms with E-state index in [0.717, 1.165) is 37.6 Å². The van der Waals surface area contributed by atoms with Gasteiger partial charge in [0.15, 0.2) is 0 Å². The predicted molar refractivity (Wildman–Crippen MR) is 92.4 cm³/mol. The molecule has 2 fully saturated rings. The Morgan fingerprint density at radius 3 is 2.41 bits per heavy atom. The molecule has 2 heterocycles. The van der Waals surface area contributed by atoms with Gasteiger partial charge in [0.25, 0.3) is 0 Å². The number of carbonyl (C=O) groups is 1. The van der Waals surface area contributed by atoms with Crippen LogP contribution in [0.5, 0.6) is 0 Å². The van der Waals surface area contributed by atoms with E-state index in [4.69, 9.17) is 0 Å². The number of benzene rings is 1. The normalized spacial score (nSPS) is 22.2. The zero-order valence-corrected chi connectivity index (χ0v) is 15.4. The highest BCUT2D eigenvalue weighted by Gasteiger charge is 2.38. The molecule has 2 aliphatic heterocycles. The monoisotopic (exact) mass is 405 g/mol. The summed E-state index contributed by atoms with van der Waals surface area (Å²) in [6.07, 6.45) is -2.28. The van der Waals surface area contributed by atoms with Crippen molar-refractivity contribution < 1.29 is 26.4 Å². The van der Waals surface area contributed by atoms with E-state index in [2.05, 4.69) is 10.0 Å². The summed E-state index contributed by atoms with van der Waals surface area (Å²) in [5, 5.41) is 3.14. The Morgan fingerprint density at radius 2 is 1.81 bits per heavy atom. The average molecular weight is 405 g/mol. The fraction of sp³-hybridized carbons (Fsp3) is 0.588. The Kier molecular flexibility index (Phi) is 5.78. The lowest BCUT2D eigenvalue weighted by Gasteiger charge is -2.33. The predicted octanol–water partition coefficient (Wildman–Crippen LogP) is 1.73. The van der Waals surface area contributed by atoms with Crippen LogP contribution in [0.1, 0.15) is 31.2 Å². The molecule has 1 aromatic carbocycles. The van der Waals surface area contributed by atoms with Crippen LogP contribution in [0.25, 0.3) is 0 Å². The van der Waals surface area contributed by atoms with Crippen molar-refractivity contribution in [1.29, 1.82) is 0 Å². The van der Waals surface area contributed by atoms with Gasteiger partial charge in [-0.1, -0.05) is 12.1 Å². The number of amides is 1. The highest BCUT2D eigenvalue weighted by atomic mass is 32.2. The van der Waals surface area contributed by atoms with Crippen molar-refractivity contribution in [2.24, 2.45) is 0 Å². The quantitative estimate of drug-likeness (QED) is 0.800. The van der Waals surface area contributed by atoms with Crippen LogP contribution in [-0.2, 0) is 21.0 Å². The third kappa shape index (κ3) is 4.61. The lowest BCUT2D eigenvalue weighted by Crippen LogP contribution is -2.50. The number of halogens is 3. The SMILES string of the molecule is O=C([C@@H]1CCCN1)N1CCC(NS(=O)(=O)c2ccccc2C(F)(F)F)CC1. The molecule has 10 heteroatoms. The molecule has 0 bridgehead atoms. The van der Waals surface area contributed by atoms with Crippen LogP contribution in [0.2, 0.25) is 0 Å². The van der Waals surface area contributed by atoms with Crippen LogP contribution in [0, 0.1) is 0 Å². The van der Waals surface area contributed by atoms with Gasteiger partial charge >= 0.3 is 6.18 Å². The Balaban J connectivity index is 1.64. The minimum atomic E-state index is -4.75. The van der Waals surface area contributed by atoms with Gasteiger partial charge in [-0.2, -0.15) is 13.2 Å². The first-order valence-corrected chi connectivity index (χ1v) is 10.4. The van der Waals surface area contributed by atoms with Gasteiger partial charge in [-0.3, -0.25) is 4.79 Å². The topological polar surface area (TPSA) is 78.5 Å². The number of hydrogen-bond donors (Lipinski definition) is 2. The second kappa shape index (κ2) is 7.76. The lowest BCUT2D eigenvalue weighted by atomic mass is 10.0. The molecule has 0 unspecified atom stereocenters. The molecule has 1 atom stereocenters. The fourth-order valence-corrected chi connectivity index (χ4v) is 5.08. The highest BCUT2D eigenvalue weighted by Crippen LogP contribution is 2.34. The molecular weight excluding hydrogens is 383 g/mol. The van der Waals surface area contributed by atoms with Crippen LogP contribution in [0.3, 0.4) is 0 Å². The van der Waals surface area contributed by atoms with Crippen molar-refractivity contribution in [2.45, 2.75) is 48.8 Å². The van der Waals surface area contributed by atoms with Crippen molar-refractivity contribution in [1.82, 2.24) is 14.9 Å². The van der Waals surface area contributed by atoms with Gasteiger partial charge in [0.2, 0.25) is 15.9 Å². The standard InChI is InChI=1S/C17H22F3N3O3S/c18-17(19,20)13-4-1-2-6-15(13)27(25,26)22-12-7-10-23(11-8-12)16(24)14-5-3-9-21-14/h1-2,4,6,12,14,21-22H,3,5,7-11H2/t14-/m0/s1. The third-order valence-electron chi connectivity index (χ3n) is 4.97. The molecule has 0 saturated carbocycles. The maximum Gasteiger partial charge on any atom is 0.417 e. The molecule has 2 N–H and O–H groups in total. The van der Waals surface area contributed by atoms with Gasteiger partial charge in [-0.15, -0.1) is 0 Å². The summed E-state index contributed by atoms with van der Waals surface area (Å²) in [4.78, 5) is 13.3. The molecule has 1 amide bonds. The molecule has 2 aliphatic rings. The molecule has 1 aromatic rings. The molecule has 3 rings (SSSR count).